The molecule has 0 saturated heterocycles. The Balaban J connectivity index is 2.04. The van der Waals surface area contributed by atoms with E-state index in [9.17, 15) is 9.59 Å². The first-order valence-corrected chi connectivity index (χ1v) is 6.87. The average Bonchev–Trinajstić information content (AvgIpc) is 2.41. The lowest BCUT2D eigenvalue weighted by atomic mass is 10.2. The molecule has 102 valence electrons. The maximum absolute atomic E-state index is 11.9. The zero-order chi connectivity index (χ0) is 14.5. The molecule has 0 bridgehead atoms. The molecular formula is C14H12IN3O2. The van der Waals surface area contributed by atoms with E-state index >= 15 is 0 Å². The minimum atomic E-state index is -0.595. The predicted octanol–water partition coefficient (Wildman–Crippen LogP) is 2.84. The smallest absolute Gasteiger partial charge is 0.326 e. The number of benzene rings is 2. The summed E-state index contributed by atoms with van der Waals surface area (Å²) in [7, 11) is 0. The summed E-state index contributed by atoms with van der Waals surface area (Å²) in [5.41, 5.74) is 6.91. The lowest BCUT2D eigenvalue weighted by Gasteiger charge is -2.09. The molecule has 0 saturated carbocycles. The summed E-state index contributed by atoms with van der Waals surface area (Å²) in [6.45, 7) is 0. The molecule has 3 amide bonds. The molecular weight excluding hydrogens is 369 g/mol. The number of hydrogen-bond donors (Lipinski definition) is 3. The average molecular weight is 381 g/mol. The summed E-state index contributed by atoms with van der Waals surface area (Å²) >= 11 is 2.10. The van der Waals surface area contributed by atoms with Gasteiger partial charge in [-0.1, -0.05) is 24.3 Å². The van der Waals surface area contributed by atoms with Gasteiger partial charge in [0.05, 0.1) is 11.3 Å². The molecule has 2 aromatic carbocycles. The Morgan fingerprint density at radius 3 is 2.35 bits per heavy atom. The minimum absolute atomic E-state index is 0.269. The van der Waals surface area contributed by atoms with Gasteiger partial charge in [0.2, 0.25) is 0 Å². The number of carbonyl (C=O) groups is 2. The number of urea groups is 1. The Labute approximate surface area is 129 Å². The van der Waals surface area contributed by atoms with E-state index in [1.54, 1.807) is 36.4 Å². The van der Waals surface area contributed by atoms with Crippen LogP contribution in [0, 0.1) is 3.57 Å². The zero-order valence-electron chi connectivity index (χ0n) is 10.4. The molecule has 0 spiro atoms. The molecule has 0 radical (unpaired) electrons. The van der Waals surface area contributed by atoms with Gasteiger partial charge in [0.15, 0.2) is 0 Å². The lowest BCUT2D eigenvalue weighted by Crippen LogP contribution is -2.34. The van der Waals surface area contributed by atoms with Gasteiger partial charge in [0.1, 0.15) is 0 Å². The number of nitrogens with one attached hydrogen (secondary N) is 2. The fourth-order valence-electron chi connectivity index (χ4n) is 1.59. The van der Waals surface area contributed by atoms with Crippen LogP contribution in [0.3, 0.4) is 0 Å². The maximum atomic E-state index is 11.9. The first-order chi connectivity index (χ1) is 9.58. The zero-order valence-corrected chi connectivity index (χ0v) is 12.5. The second kappa shape index (κ2) is 6.38. The Morgan fingerprint density at radius 1 is 1.00 bits per heavy atom. The van der Waals surface area contributed by atoms with Gasteiger partial charge in [-0.05, 0) is 46.9 Å². The van der Waals surface area contributed by atoms with E-state index in [1.807, 2.05) is 12.1 Å². The van der Waals surface area contributed by atoms with Gasteiger partial charge < -0.3 is 11.1 Å². The van der Waals surface area contributed by atoms with Gasteiger partial charge in [-0.15, -0.1) is 0 Å². The number of rotatable bonds is 2. The molecule has 0 heterocycles. The fraction of sp³-hybridized carbons (Fsp3) is 0. The van der Waals surface area contributed by atoms with Crippen LogP contribution in [0.5, 0.6) is 0 Å². The molecule has 6 heteroatoms. The van der Waals surface area contributed by atoms with Crippen molar-refractivity contribution in [3.05, 3.63) is 57.7 Å². The van der Waals surface area contributed by atoms with Crippen LogP contribution in [-0.4, -0.2) is 11.9 Å². The summed E-state index contributed by atoms with van der Waals surface area (Å²) in [4.78, 5) is 23.7. The first kappa shape index (κ1) is 14.3. The topological polar surface area (TPSA) is 84.2 Å². The monoisotopic (exact) mass is 381 g/mol. The Bertz CT molecular complexity index is 658. The van der Waals surface area contributed by atoms with Crippen molar-refractivity contribution < 1.29 is 9.59 Å². The molecule has 0 unspecified atom stereocenters. The third kappa shape index (κ3) is 3.47. The SMILES string of the molecule is Nc1ccccc1C(=O)NC(=O)Nc1ccccc1I. The van der Waals surface area contributed by atoms with Crippen LogP contribution >= 0.6 is 22.6 Å². The van der Waals surface area contributed by atoms with Gasteiger partial charge in [0, 0.05) is 9.26 Å². The third-order valence-electron chi connectivity index (χ3n) is 2.55. The molecule has 2 rings (SSSR count). The number of para-hydroxylation sites is 2. The van der Waals surface area contributed by atoms with Crippen LogP contribution in [0.25, 0.3) is 0 Å². The molecule has 2 aromatic rings. The highest BCUT2D eigenvalue weighted by Gasteiger charge is 2.13. The second-order valence-electron chi connectivity index (χ2n) is 3.98. The Hall–Kier alpha value is -2.09. The maximum Gasteiger partial charge on any atom is 0.326 e. The van der Waals surface area contributed by atoms with Crippen molar-refractivity contribution in [3.63, 3.8) is 0 Å². The van der Waals surface area contributed by atoms with Gasteiger partial charge in [0.25, 0.3) is 5.91 Å². The number of imide groups is 1. The van der Waals surface area contributed by atoms with Crippen molar-refractivity contribution in [1.29, 1.82) is 0 Å². The van der Waals surface area contributed by atoms with Crippen molar-refractivity contribution in [1.82, 2.24) is 5.32 Å². The Morgan fingerprint density at radius 2 is 1.65 bits per heavy atom. The number of hydrogen-bond acceptors (Lipinski definition) is 3. The molecule has 5 nitrogen and oxygen atoms in total. The van der Waals surface area contributed by atoms with Crippen LogP contribution < -0.4 is 16.4 Å². The van der Waals surface area contributed by atoms with E-state index in [-0.39, 0.29) is 5.56 Å². The van der Waals surface area contributed by atoms with E-state index in [4.69, 9.17) is 5.73 Å². The molecule has 0 aliphatic heterocycles. The number of nitrogens with two attached hydrogens (primary N) is 1. The van der Waals surface area contributed by atoms with Crippen LogP contribution in [0.4, 0.5) is 16.2 Å². The van der Waals surface area contributed by atoms with Crippen LogP contribution in [-0.2, 0) is 0 Å². The highest BCUT2D eigenvalue weighted by Crippen LogP contribution is 2.16. The number of carbonyl (C=O) groups excluding carboxylic acids is 2. The second-order valence-corrected chi connectivity index (χ2v) is 5.14. The number of amides is 3. The lowest BCUT2D eigenvalue weighted by molar-refractivity contribution is 0.0968. The normalized spacial score (nSPS) is 9.85. The molecule has 0 aromatic heterocycles. The number of anilines is 2. The quantitative estimate of drug-likeness (QED) is 0.553. The molecule has 0 aliphatic rings. The standard InChI is InChI=1S/C14H12IN3O2/c15-10-6-2-4-8-12(10)17-14(20)18-13(19)9-5-1-3-7-11(9)16/h1-8H,16H2,(H2,17,18,19,20). The summed E-state index contributed by atoms with van der Waals surface area (Å²) in [6, 6.07) is 13.2. The first-order valence-electron chi connectivity index (χ1n) is 5.79. The largest absolute Gasteiger partial charge is 0.398 e. The van der Waals surface area contributed by atoms with E-state index < -0.39 is 11.9 Å². The van der Waals surface area contributed by atoms with Crippen LogP contribution in [0.15, 0.2) is 48.5 Å². The van der Waals surface area contributed by atoms with Crippen LogP contribution in [0.2, 0.25) is 0 Å². The van der Waals surface area contributed by atoms with Gasteiger partial charge in [-0.2, -0.15) is 0 Å². The number of halogens is 1. The van der Waals surface area contributed by atoms with Crippen molar-refractivity contribution >= 4 is 45.9 Å². The summed E-state index contributed by atoms with van der Waals surface area (Å²) in [5.74, 6) is -0.536. The van der Waals surface area contributed by atoms with Crippen molar-refractivity contribution in [2.75, 3.05) is 11.1 Å². The van der Waals surface area contributed by atoms with Gasteiger partial charge in [-0.3, -0.25) is 10.1 Å². The summed E-state index contributed by atoms with van der Waals surface area (Å²) in [6.07, 6.45) is 0. The van der Waals surface area contributed by atoms with Crippen molar-refractivity contribution in [3.8, 4) is 0 Å². The predicted molar refractivity (Wildman–Crippen MR) is 86.5 cm³/mol. The van der Waals surface area contributed by atoms with Gasteiger partial charge in [-0.25, -0.2) is 4.79 Å². The molecule has 0 atom stereocenters. The summed E-state index contributed by atoms with van der Waals surface area (Å²) < 4.78 is 0.881. The number of nitrogen functional groups attached to an aromatic ring is 1. The van der Waals surface area contributed by atoms with Gasteiger partial charge >= 0.3 is 6.03 Å². The highest BCUT2D eigenvalue weighted by molar-refractivity contribution is 14.1. The molecule has 0 aliphatic carbocycles. The third-order valence-corrected chi connectivity index (χ3v) is 3.50. The van der Waals surface area contributed by atoms with Crippen molar-refractivity contribution in [2.45, 2.75) is 0 Å². The van der Waals surface area contributed by atoms with E-state index in [2.05, 4.69) is 33.2 Å². The molecule has 20 heavy (non-hydrogen) atoms. The fourth-order valence-corrected chi connectivity index (χ4v) is 2.11. The molecule has 0 fully saturated rings. The highest BCUT2D eigenvalue weighted by atomic mass is 127. The Kier molecular flexibility index (Phi) is 4.57. The van der Waals surface area contributed by atoms with Crippen molar-refractivity contribution in [2.24, 2.45) is 0 Å². The summed E-state index contributed by atoms with van der Waals surface area (Å²) in [5, 5.41) is 4.85. The van der Waals surface area contributed by atoms with E-state index in [0.29, 0.717) is 11.4 Å². The van der Waals surface area contributed by atoms with E-state index in [1.165, 1.54) is 0 Å². The van der Waals surface area contributed by atoms with Crippen LogP contribution in [0.1, 0.15) is 10.4 Å². The van der Waals surface area contributed by atoms with E-state index in [0.717, 1.165) is 3.57 Å². The molecule has 4 N–H and O–H groups in total. The minimum Gasteiger partial charge on any atom is -0.398 e.